The van der Waals surface area contributed by atoms with E-state index in [9.17, 15) is 4.79 Å². The molecule has 1 N–H and O–H groups in total. The third-order valence-corrected chi connectivity index (χ3v) is 5.41. The Morgan fingerprint density at radius 2 is 2.12 bits per heavy atom. The number of rotatable bonds is 2. The number of carbonyl (C=O) groups is 1. The lowest BCUT2D eigenvalue weighted by Crippen LogP contribution is -2.57. The van der Waals surface area contributed by atoms with E-state index in [1.807, 2.05) is 18.2 Å². The molecule has 4 rings (SSSR count). The fraction of sp³-hybridized carbons (Fsp3) is 0.611. The molecule has 3 aliphatic rings. The van der Waals surface area contributed by atoms with Gasteiger partial charge in [0.2, 0.25) is 6.79 Å². The van der Waals surface area contributed by atoms with Crippen molar-refractivity contribution < 1.29 is 14.3 Å². The molecular weight excluding hydrogens is 306 g/mol. The van der Waals surface area contributed by atoms with E-state index in [-0.39, 0.29) is 12.8 Å². The molecular formula is C18H25N3O3. The number of piperidine rings is 2. The van der Waals surface area contributed by atoms with Gasteiger partial charge in [-0.15, -0.1) is 0 Å². The van der Waals surface area contributed by atoms with Crippen LogP contribution in [0, 0.1) is 5.92 Å². The molecule has 0 aromatic heterocycles. The van der Waals surface area contributed by atoms with Crippen LogP contribution in [0.4, 0.5) is 4.79 Å². The molecule has 1 aromatic rings. The molecule has 2 amide bonds. The van der Waals surface area contributed by atoms with Gasteiger partial charge in [-0.05, 0) is 56.5 Å². The zero-order valence-electron chi connectivity index (χ0n) is 14.2. The maximum atomic E-state index is 12.7. The number of nitrogens with zero attached hydrogens (tertiary/aromatic N) is 2. The maximum Gasteiger partial charge on any atom is 0.317 e. The predicted octanol–water partition coefficient (Wildman–Crippen LogP) is 2.04. The second kappa shape index (κ2) is 6.51. The summed E-state index contributed by atoms with van der Waals surface area (Å²) in [6.07, 6.45) is 3.42. The van der Waals surface area contributed by atoms with Crippen molar-refractivity contribution in [2.75, 3.05) is 33.5 Å². The Morgan fingerprint density at radius 3 is 3.04 bits per heavy atom. The van der Waals surface area contributed by atoms with Crippen LogP contribution in [0.5, 0.6) is 11.5 Å². The van der Waals surface area contributed by atoms with Gasteiger partial charge in [-0.2, -0.15) is 0 Å². The average Bonchev–Trinajstić information content (AvgIpc) is 3.06. The van der Waals surface area contributed by atoms with Crippen LogP contribution < -0.4 is 14.8 Å². The number of carbonyl (C=O) groups excluding carboxylic acids is 1. The number of nitrogens with one attached hydrogen (secondary N) is 1. The van der Waals surface area contributed by atoms with E-state index < -0.39 is 0 Å². The van der Waals surface area contributed by atoms with Crippen LogP contribution in [0.15, 0.2) is 18.2 Å². The van der Waals surface area contributed by atoms with Crippen molar-refractivity contribution >= 4 is 6.03 Å². The van der Waals surface area contributed by atoms with E-state index in [0.29, 0.717) is 18.5 Å². The fourth-order valence-corrected chi connectivity index (χ4v) is 4.17. The third-order valence-electron chi connectivity index (χ3n) is 5.41. The summed E-state index contributed by atoms with van der Waals surface area (Å²) in [5.74, 6) is 2.15. The average molecular weight is 331 g/mol. The first-order chi connectivity index (χ1) is 11.7. The van der Waals surface area contributed by atoms with Crippen molar-refractivity contribution in [2.24, 2.45) is 5.92 Å². The van der Waals surface area contributed by atoms with Gasteiger partial charge in [-0.1, -0.05) is 6.07 Å². The van der Waals surface area contributed by atoms with Crippen molar-refractivity contribution in [3.8, 4) is 11.5 Å². The molecule has 3 heterocycles. The molecule has 130 valence electrons. The smallest absolute Gasteiger partial charge is 0.317 e. The molecule has 2 atom stereocenters. The van der Waals surface area contributed by atoms with Crippen molar-refractivity contribution in [1.29, 1.82) is 0 Å². The SMILES string of the molecule is CN1CCC2C(CCCN2C(=O)NCc2ccc3c(c2)OCO3)C1. The highest BCUT2D eigenvalue weighted by Gasteiger charge is 2.37. The normalized spacial score (nSPS) is 26.1. The molecule has 24 heavy (non-hydrogen) atoms. The monoisotopic (exact) mass is 331 g/mol. The number of ether oxygens (including phenoxy) is 2. The highest BCUT2D eigenvalue weighted by Crippen LogP contribution is 2.33. The van der Waals surface area contributed by atoms with Crippen LogP contribution in [0.3, 0.4) is 0 Å². The topological polar surface area (TPSA) is 54.0 Å². The van der Waals surface area contributed by atoms with Crippen LogP contribution in [0.25, 0.3) is 0 Å². The molecule has 2 fully saturated rings. The molecule has 2 unspecified atom stereocenters. The first-order valence-corrected chi connectivity index (χ1v) is 8.82. The van der Waals surface area contributed by atoms with Crippen molar-refractivity contribution in [1.82, 2.24) is 15.1 Å². The van der Waals surface area contributed by atoms with E-state index in [1.165, 1.54) is 6.42 Å². The molecule has 0 radical (unpaired) electrons. The van der Waals surface area contributed by atoms with Gasteiger partial charge in [0.25, 0.3) is 0 Å². The Balaban J connectivity index is 1.37. The lowest BCUT2D eigenvalue weighted by Gasteiger charge is -2.46. The van der Waals surface area contributed by atoms with E-state index in [1.54, 1.807) is 0 Å². The van der Waals surface area contributed by atoms with Gasteiger partial charge >= 0.3 is 6.03 Å². The summed E-state index contributed by atoms with van der Waals surface area (Å²) in [5.41, 5.74) is 1.03. The summed E-state index contributed by atoms with van der Waals surface area (Å²) < 4.78 is 10.7. The molecule has 6 heteroatoms. The minimum absolute atomic E-state index is 0.0620. The molecule has 0 spiro atoms. The van der Waals surface area contributed by atoms with Gasteiger partial charge in [0.1, 0.15) is 0 Å². The number of benzene rings is 1. The highest BCUT2D eigenvalue weighted by molar-refractivity contribution is 5.74. The molecule has 2 saturated heterocycles. The number of amides is 2. The van der Waals surface area contributed by atoms with Gasteiger partial charge in [0, 0.05) is 25.7 Å². The molecule has 1 aromatic carbocycles. The second-order valence-corrected chi connectivity index (χ2v) is 7.06. The number of urea groups is 1. The van der Waals surface area contributed by atoms with Crippen LogP contribution in [0.1, 0.15) is 24.8 Å². The molecule has 0 bridgehead atoms. The Hall–Kier alpha value is -1.95. The standard InChI is InChI=1S/C18H25N3O3/c1-20-8-6-15-14(11-20)3-2-7-21(15)18(22)19-10-13-4-5-16-17(9-13)24-12-23-16/h4-5,9,14-15H,2-3,6-8,10-12H2,1H3,(H,19,22). The lowest BCUT2D eigenvalue weighted by atomic mass is 9.84. The van der Waals surface area contributed by atoms with Crippen LogP contribution in [-0.4, -0.2) is 55.3 Å². The van der Waals surface area contributed by atoms with Gasteiger partial charge in [-0.25, -0.2) is 4.79 Å². The molecule has 0 saturated carbocycles. The van der Waals surface area contributed by atoms with Gasteiger partial charge in [0.15, 0.2) is 11.5 Å². The van der Waals surface area contributed by atoms with Crippen molar-refractivity contribution in [2.45, 2.75) is 31.8 Å². The summed E-state index contributed by atoms with van der Waals surface area (Å²) in [6.45, 7) is 3.85. The third kappa shape index (κ3) is 3.02. The summed E-state index contributed by atoms with van der Waals surface area (Å²) in [6, 6.07) is 6.27. The maximum absolute atomic E-state index is 12.7. The van der Waals surface area contributed by atoms with E-state index in [4.69, 9.17) is 9.47 Å². The Kier molecular flexibility index (Phi) is 4.22. The zero-order chi connectivity index (χ0) is 16.5. The summed E-state index contributed by atoms with van der Waals surface area (Å²) in [4.78, 5) is 17.1. The summed E-state index contributed by atoms with van der Waals surface area (Å²) in [5, 5.41) is 3.08. The molecule has 0 aliphatic carbocycles. The predicted molar refractivity (Wildman–Crippen MR) is 90.1 cm³/mol. The van der Waals surface area contributed by atoms with E-state index in [2.05, 4.69) is 22.2 Å². The van der Waals surface area contributed by atoms with Crippen molar-refractivity contribution in [3.05, 3.63) is 23.8 Å². The largest absolute Gasteiger partial charge is 0.454 e. The highest BCUT2D eigenvalue weighted by atomic mass is 16.7. The number of hydrogen-bond donors (Lipinski definition) is 1. The van der Waals surface area contributed by atoms with Gasteiger partial charge < -0.3 is 24.6 Å². The van der Waals surface area contributed by atoms with Gasteiger partial charge in [0.05, 0.1) is 0 Å². The minimum Gasteiger partial charge on any atom is -0.454 e. The van der Waals surface area contributed by atoms with E-state index in [0.717, 1.165) is 49.5 Å². The Morgan fingerprint density at radius 1 is 1.25 bits per heavy atom. The van der Waals surface area contributed by atoms with E-state index >= 15 is 0 Å². The van der Waals surface area contributed by atoms with Gasteiger partial charge in [-0.3, -0.25) is 0 Å². The first kappa shape index (κ1) is 15.6. The first-order valence-electron chi connectivity index (χ1n) is 8.82. The second-order valence-electron chi connectivity index (χ2n) is 7.06. The Bertz CT molecular complexity index is 622. The summed E-state index contributed by atoms with van der Waals surface area (Å²) >= 11 is 0. The van der Waals surface area contributed by atoms with Crippen LogP contribution >= 0.6 is 0 Å². The van der Waals surface area contributed by atoms with Crippen molar-refractivity contribution in [3.63, 3.8) is 0 Å². The number of likely N-dealkylation sites (tertiary alicyclic amines) is 2. The summed E-state index contributed by atoms with van der Waals surface area (Å²) in [7, 11) is 2.18. The Labute approximate surface area is 142 Å². The molecule has 6 nitrogen and oxygen atoms in total. The quantitative estimate of drug-likeness (QED) is 0.901. The van der Waals surface area contributed by atoms with Crippen LogP contribution in [0.2, 0.25) is 0 Å². The minimum atomic E-state index is 0.0620. The number of fused-ring (bicyclic) bond motifs is 2. The van der Waals surface area contributed by atoms with Crippen LogP contribution in [-0.2, 0) is 6.54 Å². The number of hydrogen-bond acceptors (Lipinski definition) is 4. The zero-order valence-corrected chi connectivity index (χ0v) is 14.2. The lowest BCUT2D eigenvalue weighted by molar-refractivity contribution is 0.0532. The molecule has 3 aliphatic heterocycles. The fourth-order valence-electron chi connectivity index (χ4n) is 4.17.